The average Bonchev–Trinajstić information content (AvgIpc) is 3.07. The van der Waals surface area contributed by atoms with Crippen molar-refractivity contribution in [3.63, 3.8) is 0 Å². The molecule has 0 spiro atoms. The van der Waals surface area contributed by atoms with Crippen LogP contribution in [0.25, 0.3) is 10.7 Å². The lowest BCUT2D eigenvalue weighted by molar-refractivity contribution is 0.795. The molecule has 0 bridgehead atoms. The lowest BCUT2D eigenvalue weighted by atomic mass is 10.4. The second kappa shape index (κ2) is 5.59. The number of pyridine rings is 1. The molecule has 3 aromatic heterocycles. The van der Waals surface area contributed by atoms with Crippen LogP contribution in [0.2, 0.25) is 0 Å². The number of thiazole rings is 1. The van der Waals surface area contributed by atoms with Crippen LogP contribution in [0.3, 0.4) is 0 Å². The Bertz CT molecular complexity index is 706. The molecule has 0 unspecified atom stereocenters. The van der Waals surface area contributed by atoms with Crippen molar-refractivity contribution in [3.8, 4) is 10.7 Å². The van der Waals surface area contributed by atoms with Crippen LogP contribution in [0.4, 0.5) is 5.95 Å². The Morgan fingerprint density at radius 1 is 1.35 bits per heavy atom. The number of hydrogen-bond acceptors (Lipinski definition) is 7. The van der Waals surface area contributed by atoms with Crippen LogP contribution in [0.1, 0.15) is 5.69 Å². The first kappa shape index (κ1) is 13.1. The topological polar surface area (TPSA) is 82.5 Å². The number of nitrogen functional groups attached to an aromatic ring is 1. The lowest BCUT2D eigenvalue weighted by Gasteiger charge is -1.99. The fourth-order valence-electron chi connectivity index (χ4n) is 1.57. The molecule has 0 aliphatic carbocycles. The number of thioether (sulfide) groups is 1. The highest BCUT2D eigenvalue weighted by molar-refractivity contribution is 7.98. The SMILES string of the molecule is Cn1c(N)nnc1SCc1csc(-c2ccccn2)n1. The van der Waals surface area contributed by atoms with E-state index >= 15 is 0 Å². The van der Waals surface area contributed by atoms with Gasteiger partial charge in [-0.15, -0.1) is 21.5 Å². The molecule has 0 atom stereocenters. The fraction of sp³-hybridized carbons (Fsp3) is 0.167. The first-order valence-electron chi connectivity index (χ1n) is 5.87. The second-order valence-electron chi connectivity index (χ2n) is 4.05. The minimum atomic E-state index is 0.417. The molecule has 102 valence electrons. The van der Waals surface area contributed by atoms with Gasteiger partial charge in [0.1, 0.15) is 5.01 Å². The molecule has 3 rings (SSSR count). The summed E-state index contributed by atoms with van der Waals surface area (Å²) in [5, 5.41) is 11.6. The van der Waals surface area contributed by atoms with E-state index < -0.39 is 0 Å². The summed E-state index contributed by atoms with van der Waals surface area (Å²) >= 11 is 3.16. The summed E-state index contributed by atoms with van der Waals surface area (Å²) in [4.78, 5) is 8.87. The Labute approximate surface area is 124 Å². The maximum absolute atomic E-state index is 5.64. The van der Waals surface area contributed by atoms with Crippen molar-refractivity contribution in [2.24, 2.45) is 7.05 Å². The van der Waals surface area contributed by atoms with E-state index in [1.54, 1.807) is 33.9 Å². The molecule has 0 aliphatic heterocycles. The van der Waals surface area contributed by atoms with Gasteiger partial charge in [-0.25, -0.2) is 4.98 Å². The molecular weight excluding hydrogens is 292 g/mol. The standard InChI is InChI=1S/C12H12N6S2/c1-18-11(13)16-17-12(18)20-7-8-6-19-10(15-8)9-4-2-3-5-14-9/h2-6H,7H2,1H3,(H2,13,16). The molecule has 3 aromatic rings. The van der Waals surface area contributed by atoms with Crippen LogP contribution in [0.5, 0.6) is 0 Å². The van der Waals surface area contributed by atoms with Crippen LogP contribution in [0.15, 0.2) is 34.9 Å². The molecule has 2 N–H and O–H groups in total. The zero-order valence-electron chi connectivity index (χ0n) is 10.7. The van der Waals surface area contributed by atoms with Gasteiger partial charge in [-0.3, -0.25) is 9.55 Å². The normalized spacial score (nSPS) is 10.8. The van der Waals surface area contributed by atoms with Gasteiger partial charge in [-0.05, 0) is 12.1 Å². The van der Waals surface area contributed by atoms with E-state index in [2.05, 4.69) is 20.2 Å². The van der Waals surface area contributed by atoms with Gasteiger partial charge in [-0.2, -0.15) is 0 Å². The molecule has 0 saturated heterocycles. The maximum Gasteiger partial charge on any atom is 0.222 e. The van der Waals surface area contributed by atoms with E-state index in [1.165, 1.54) is 0 Å². The van der Waals surface area contributed by atoms with Crippen LogP contribution in [-0.4, -0.2) is 24.7 Å². The third-order valence-electron chi connectivity index (χ3n) is 2.65. The number of nitrogens with two attached hydrogens (primary N) is 1. The van der Waals surface area contributed by atoms with Gasteiger partial charge in [0.2, 0.25) is 5.95 Å². The molecule has 0 fully saturated rings. The summed E-state index contributed by atoms with van der Waals surface area (Å²) < 4.78 is 1.76. The highest BCUT2D eigenvalue weighted by Gasteiger charge is 2.09. The highest BCUT2D eigenvalue weighted by Crippen LogP contribution is 2.26. The van der Waals surface area contributed by atoms with Gasteiger partial charge in [0.15, 0.2) is 5.16 Å². The molecule has 20 heavy (non-hydrogen) atoms. The Morgan fingerprint density at radius 2 is 2.25 bits per heavy atom. The first-order valence-corrected chi connectivity index (χ1v) is 7.74. The molecule has 8 heteroatoms. The Morgan fingerprint density at radius 3 is 2.95 bits per heavy atom. The molecule has 3 heterocycles. The molecule has 0 saturated carbocycles. The minimum Gasteiger partial charge on any atom is -0.368 e. The smallest absolute Gasteiger partial charge is 0.222 e. The largest absolute Gasteiger partial charge is 0.368 e. The molecule has 0 amide bonds. The molecule has 6 nitrogen and oxygen atoms in total. The van der Waals surface area contributed by atoms with E-state index in [4.69, 9.17) is 5.73 Å². The van der Waals surface area contributed by atoms with E-state index in [1.807, 2.05) is 30.6 Å². The van der Waals surface area contributed by atoms with Gasteiger partial charge in [0.25, 0.3) is 0 Å². The Balaban J connectivity index is 1.70. The molecule has 0 aliphatic rings. The van der Waals surface area contributed by atoms with Crippen LogP contribution >= 0.6 is 23.1 Å². The third kappa shape index (κ3) is 2.66. The van der Waals surface area contributed by atoms with Crippen molar-refractivity contribution >= 4 is 29.0 Å². The number of anilines is 1. The van der Waals surface area contributed by atoms with Gasteiger partial charge in [-0.1, -0.05) is 17.8 Å². The summed E-state index contributed by atoms with van der Waals surface area (Å²) in [6, 6.07) is 5.81. The summed E-state index contributed by atoms with van der Waals surface area (Å²) in [7, 11) is 1.85. The average molecular weight is 304 g/mol. The first-order chi connectivity index (χ1) is 9.74. The minimum absolute atomic E-state index is 0.417. The van der Waals surface area contributed by atoms with E-state index in [0.717, 1.165) is 27.3 Å². The highest BCUT2D eigenvalue weighted by atomic mass is 32.2. The van der Waals surface area contributed by atoms with Gasteiger partial charge in [0, 0.05) is 24.4 Å². The van der Waals surface area contributed by atoms with Crippen molar-refractivity contribution in [1.82, 2.24) is 24.7 Å². The van der Waals surface area contributed by atoms with Crippen LogP contribution in [-0.2, 0) is 12.8 Å². The second-order valence-corrected chi connectivity index (χ2v) is 5.85. The fourth-order valence-corrected chi connectivity index (χ4v) is 3.28. The quantitative estimate of drug-likeness (QED) is 0.744. The summed E-state index contributed by atoms with van der Waals surface area (Å²) in [5.41, 5.74) is 7.55. The monoisotopic (exact) mass is 304 g/mol. The number of hydrogen-bond donors (Lipinski definition) is 1. The van der Waals surface area contributed by atoms with Crippen LogP contribution in [0, 0.1) is 0 Å². The number of rotatable bonds is 4. The van der Waals surface area contributed by atoms with E-state index in [9.17, 15) is 0 Å². The Kier molecular flexibility index (Phi) is 3.66. The predicted molar refractivity (Wildman–Crippen MR) is 80.3 cm³/mol. The van der Waals surface area contributed by atoms with Crippen molar-refractivity contribution < 1.29 is 0 Å². The molecular formula is C12H12N6S2. The van der Waals surface area contributed by atoms with Gasteiger partial charge < -0.3 is 5.73 Å². The number of aromatic nitrogens is 5. The summed E-state index contributed by atoms with van der Waals surface area (Å²) in [6.07, 6.45) is 1.77. The zero-order chi connectivity index (χ0) is 13.9. The molecule has 0 radical (unpaired) electrons. The summed E-state index contributed by atoms with van der Waals surface area (Å²) in [6.45, 7) is 0. The lowest BCUT2D eigenvalue weighted by Crippen LogP contribution is -1.98. The van der Waals surface area contributed by atoms with Crippen molar-refractivity contribution in [3.05, 3.63) is 35.5 Å². The van der Waals surface area contributed by atoms with E-state index in [0.29, 0.717) is 5.95 Å². The third-order valence-corrected chi connectivity index (χ3v) is 4.62. The van der Waals surface area contributed by atoms with Crippen molar-refractivity contribution in [2.45, 2.75) is 10.9 Å². The summed E-state index contributed by atoms with van der Waals surface area (Å²) in [5.74, 6) is 1.15. The van der Waals surface area contributed by atoms with Crippen LogP contribution < -0.4 is 5.73 Å². The van der Waals surface area contributed by atoms with Crippen molar-refractivity contribution in [2.75, 3.05) is 5.73 Å². The molecule has 0 aromatic carbocycles. The number of nitrogens with zero attached hydrogens (tertiary/aromatic N) is 5. The van der Waals surface area contributed by atoms with E-state index in [-0.39, 0.29) is 0 Å². The zero-order valence-corrected chi connectivity index (χ0v) is 12.4. The van der Waals surface area contributed by atoms with Gasteiger partial charge in [0.05, 0.1) is 11.4 Å². The van der Waals surface area contributed by atoms with Gasteiger partial charge >= 0.3 is 0 Å². The predicted octanol–water partition coefficient (Wildman–Crippen LogP) is 2.21. The van der Waals surface area contributed by atoms with Crippen molar-refractivity contribution in [1.29, 1.82) is 0 Å². The maximum atomic E-state index is 5.64. The Hall–Kier alpha value is -1.93.